The Kier molecular flexibility index (Phi) is 3.73. The molecular weight excluding hydrogens is 336 g/mol. The van der Waals surface area contributed by atoms with Gasteiger partial charge < -0.3 is 10.7 Å². The second kappa shape index (κ2) is 6.07. The van der Waals surface area contributed by atoms with Crippen LogP contribution in [0.2, 0.25) is 0 Å². The normalized spacial score (nSPS) is 11.0. The highest BCUT2D eigenvalue weighted by Gasteiger charge is 2.21. The SMILES string of the molecule is Nc1cccc(-c2ccnc3[nH]cc(C(=O)c4cc(F)ccc4F)c23)c1. The standard InChI is InChI=1S/C20H13F2N3O/c21-12-4-5-17(22)15(9-12)19(26)16-10-25-20-18(16)14(6-7-24-20)11-2-1-3-13(23)8-11/h1-10H,23H2,(H,24,25). The number of benzene rings is 2. The van der Waals surface area contributed by atoms with Crippen molar-refractivity contribution in [2.24, 2.45) is 0 Å². The number of pyridine rings is 1. The van der Waals surface area contributed by atoms with Crippen LogP contribution in [-0.2, 0) is 0 Å². The van der Waals surface area contributed by atoms with Crippen LogP contribution in [0, 0.1) is 11.6 Å². The molecule has 0 aliphatic rings. The molecule has 2 heterocycles. The number of aromatic nitrogens is 2. The van der Waals surface area contributed by atoms with Gasteiger partial charge in [-0.05, 0) is 47.5 Å². The Labute approximate surface area is 147 Å². The molecule has 4 nitrogen and oxygen atoms in total. The van der Waals surface area contributed by atoms with Crippen LogP contribution >= 0.6 is 0 Å². The molecule has 2 aromatic heterocycles. The van der Waals surface area contributed by atoms with Crippen LogP contribution in [0.15, 0.2) is 60.9 Å². The predicted octanol–water partition coefficient (Wildman–Crippen LogP) is 4.32. The van der Waals surface area contributed by atoms with Crippen molar-refractivity contribution in [1.29, 1.82) is 0 Å². The van der Waals surface area contributed by atoms with Crippen LogP contribution in [0.25, 0.3) is 22.2 Å². The summed E-state index contributed by atoms with van der Waals surface area (Å²) < 4.78 is 27.6. The van der Waals surface area contributed by atoms with Crippen molar-refractivity contribution in [3.8, 4) is 11.1 Å². The van der Waals surface area contributed by atoms with Gasteiger partial charge in [0.2, 0.25) is 0 Å². The molecule has 128 valence electrons. The number of H-pyrrole nitrogens is 1. The highest BCUT2D eigenvalue weighted by atomic mass is 19.1. The molecule has 26 heavy (non-hydrogen) atoms. The number of nitrogens with one attached hydrogen (secondary N) is 1. The molecule has 0 saturated heterocycles. The number of rotatable bonds is 3. The van der Waals surface area contributed by atoms with E-state index in [4.69, 9.17) is 5.73 Å². The van der Waals surface area contributed by atoms with Crippen LogP contribution in [0.4, 0.5) is 14.5 Å². The molecule has 0 aliphatic carbocycles. The van der Waals surface area contributed by atoms with Crippen molar-refractivity contribution in [2.75, 3.05) is 5.73 Å². The fraction of sp³-hybridized carbons (Fsp3) is 0. The number of nitrogen functional groups attached to an aromatic ring is 1. The smallest absolute Gasteiger partial charge is 0.198 e. The summed E-state index contributed by atoms with van der Waals surface area (Å²) in [6.45, 7) is 0. The van der Waals surface area contributed by atoms with Crippen LogP contribution in [0.5, 0.6) is 0 Å². The van der Waals surface area contributed by atoms with Crippen molar-refractivity contribution in [3.05, 3.63) is 83.7 Å². The summed E-state index contributed by atoms with van der Waals surface area (Å²) in [6.07, 6.45) is 3.06. The number of anilines is 1. The van der Waals surface area contributed by atoms with Gasteiger partial charge in [0.1, 0.15) is 17.3 Å². The van der Waals surface area contributed by atoms with Crippen molar-refractivity contribution >= 4 is 22.5 Å². The van der Waals surface area contributed by atoms with Crippen molar-refractivity contribution in [2.45, 2.75) is 0 Å². The summed E-state index contributed by atoms with van der Waals surface area (Å²) in [5.74, 6) is -2.07. The minimum Gasteiger partial charge on any atom is -0.399 e. The molecule has 3 N–H and O–H groups in total. The Bertz CT molecular complexity index is 1150. The third-order valence-electron chi connectivity index (χ3n) is 4.19. The molecule has 0 spiro atoms. The molecule has 0 unspecified atom stereocenters. The van der Waals surface area contributed by atoms with Gasteiger partial charge >= 0.3 is 0 Å². The van der Waals surface area contributed by atoms with Gasteiger partial charge in [-0.1, -0.05) is 12.1 Å². The largest absolute Gasteiger partial charge is 0.399 e. The Balaban J connectivity index is 1.95. The number of nitrogens with zero attached hydrogens (tertiary/aromatic N) is 1. The lowest BCUT2D eigenvalue weighted by Crippen LogP contribution is -2.05. The first kappa shape index (κ1) is 16.0. The highest BCUT2D eigenvalue weighted by molar-refractivity contribution is 6.18. The fourth-order valence-corrected chi connectivity index (χ4v) is 3.00. The lowest BCUT2D eigenvalue weighted by Gasteiger charge is -2.07. The minimum absolute atomic E-state index is 0.218. The highest BCUT2D eigenvalue weighted by Crippen LogP contribution is 2.32. The summed E-state index contributed by atoms with van der Waals surface area (Å²) >= 11 is 0. The predicted molar refractivity (Wildman–Crippen MR) is 95.7 cm³/mol. The molecule has 2 aromatic carbocycles. The maximum Gasteiger partial charge on any atom is 0.198 e. The molecule has 0 aliphatic heterocycles. The first-order valence-electron chi connectivity index (χ1n) is 7.86. The van der Waals surface area contributed by atoms with Gasteiger partial charge in [-0.25, -0.2) is 13.8 Å². The topological polar surface area (TPSA) is 71.8 Å². The first-order valence-corrected chi connectivity index (χ1v) is 7.86. The van der Waals surface area contributed by atoms with E-state index in [1.807, 2.05) is 6.07 Å². The average Bonchev–Trinajstić information content (AvgIpc) is 3.07. The van der Waals surface area contributed by atoms with E-state index in [1.54, 1.807) is 30.5 Å². The number of hydrogen-bond acceptors (Lipinski definition) is 3. The lowest BCUT2D eigenvalue weighted by molar-refractivity contribution is 0.103. The summed E-state index contributed by atoms with van der Waals surface area (Å²) in [5.41, 5.74) is 8.33. The zero-order valence-electron chi connectivity index (χ0n) is 13.5. The molecule has 6 heteroatoms. The molecule has 0 bridgehead atoms. The van der Waals surface area contributed by atoms with E-state index in [0.29, 0.717) is 16.7 Å². The number of carbonyl (C=O) groups excluding carboxylic acids is 1. The van der Waals surface area contributed by atoms with E-state index in [0.717, 1.165) is 29.3 Å². The Morgan fingerprint density at radius 3 is 2.69 bits per heavy atom. The maximum absolute atomic E-state index is 14.1. The van der Waals surface area contributed by atoms with E-state index >= 15 is 0 Å². The van der Waals surface area contributed by atoms with Crippen LogP contribution in [-0.4, -0.2) is 15.8 Å². The Morgan fingerprint density at radius 2 is 1.88 bits per heavy atom. The average molecular weight is 349 g/mol. The van der Waals surface area contributed by atoms with Gasteiger partial charge in [0.25, 0.3) is 0 Å². The molecular formula is C20H13F2N3O. The van der Waals surface area contributed by atoms with Gasteiger partial charge in [-0.2, -0.15) is 0 Å². The molecule has 0 atom stereocenters. The lowest BCUT2D eigenvalue weighted by atomic mass is 9.97. The van der Waals surface area contributed by atoms with Crippen molar-refractivity contribution < 1.29 is 13.6 Å². The van der Waals surface area contributed by atoms with E-state index in [9.17, 15) is 13.6 Å². The van der Waals surface area contributed by atoms with E-state index < -0.39 is 17.4 Å². The Hall–Kier alpha value is -3.54. The quantitative estimate of drug-likeness (QED) is 0.427. The number of hydrogen-bond donors (Lipinski definition) is 2. The number of ketones is 1. The number of aromatic amines is 1. The van der Waals surface area contributed by atoms with Gasteiger partial charge in [-0.3, -0.25) is 4.79 Å². The molecule has 4 rings (SSSR count). The summed E-state index contributed by atoms with van der Waals surface area (Å²) in [5, 5.41) is 0.534. The van der Waals surface area contributed by atoms with Gasteiger partial charge in [0.05, 0.1) is 11.1 Å². The third-order valence-corrected chi connectivity index (χ3v) is 4.19. The second-order valence-corrected chi connectivity index (χ2v) is 5.86. The molecule has 0 saturated carbocycles. The number of carbonyl (C=O) groups is 1. The summed E-state index contributed by atoms with van der Waals surface area (Å²) in [4.78, 5) is 20.0. The molecule has 0 amide bonds. The zero-order valence-corrected chi connectivity index (χ0v) is 13.5. The molecule has 4 aromatic rings. The van der Waals surface area contributed by atoms with E-state index in [2.05, 4.69) is 9.97 Å². The fourth-order valence-electron chi connectivity index (χ4n) is 3.00. The number of nitrogens with two attached hydrogens (primary N) is 1. The van der Waals surface area contributed by atoms with E-state index in [1.165, 1.54) is 6.20 Å². The first-order chi connectivity index (χ1) is 12.5. The van der Waals surface area contributed by atoms with Crippen molar-refractivity contribution in [1.82, 2.24) is 9.97 Å². The van der Waals surface area contributed by atoms with Gasteiger partial charge in [-0.15, -0.1) is 0 Å². The molecule has 0 radical (unpaired) electrons. The third kappa shape index (κ3) is 2.61. The van der Waals surface area contributed by atoms with E-state index in [-0.39, 0.29) is 11.1 Å². The minimum atomic E-state index is -0.778. The summed E-state index contributed by atoms with van der Waals surface area (Å²) in [6, 6.07) is 11.8. The van der Waals surface area contributed by atoms with Crippen LogP contribution in [0.3, 0.4) is 0 Å². The maximum atomic E-state index is 14.1. The van der Waals surface area contributed by atoms with Crippen LogP contribution < -0.4 is 5.73 Å². The van der Waals surface area contributed by atoms with Crippen LogP contribution in [0.1, 0.15) is 15.9 Å². The van der Waals surface area contributed by atoms with Crippen molar-refractivity contribution in [3.63, 3.8) is 0 Å². The molecule has 0 fully saturated rings. The number of fused-ring (bicyclic) bond motifs is 1. The van der Waals surface area contributed by atoms with Gasteiger partial charge in [0.15, 0.2) is 5.78 Å². The Morgan fingerprint density at radius 1 is 1.04 bits per heavy atom. The monoisotopic (exact) mass is 349 g/mol. The van der Waals surface area contributed by atoms with Gasteiger partial charge in [0, 0.05) is 23.5 Å². The number of halogens is 2. The zero-order chi connectivity index (χ0) is 18.3. The summed E-state index contributed by atoms with van der Waals surface area (Å²) in [7, 11) is 0. The second-order valence-electron chi connectivity index (χ2n) is 5.86.